The molecule has 0 bridgehead atoms. The predicted octanol–water partition coefficient (Wildman–Crippen LogP) is 4.13. The van der Waals surface area contributed by atoms with E-state index in [0.29, 0.717) is 30.5 Å². The second kappa shape index (κ2) is 5.35. The molecule has 6 heteroatoms. The van der Waals surface area contributed by atoms with E-state index >= 15 is 0 Å². The zero-order valence-electron chi connectivity index (χ0n) is 13.6. The van der Waals surface area contributed by atoms with Crippen LogP contribution >= 0.6 is 0 Å². The van der Waals surface area contributed by atoms with Crippen LogP contribution in [-0.2, 0) is 5.41 Å². The summed E-state index contributed by atoms with van der Waals surface area (Å²) in [5, 5.41) is 4.54. The quantitative estimate of drug-likeness (QED) is 0.781. The maximum atomic E-state index is 13.4. The first kappa shape index (κ1) is 16.0. The van der Waals surface area contributed by atoms with Gasteiger partial charge in [-0.25, -0.2) is 18.3 Å². The van der Waals surface area contributed by atoms with Crippen LogP contribution in [-0.4, -0.2) is 26.8 Å². The maximum Gasteiger partial charge on any atom is 0.248 e. The highest BCUT2D eigenvalue weighted by atomic mass is 19.3. The van der Waals surface area contributed by atoms with Crippen LogP contribution < -0.4 is 0 Å². The molecule has 3 rings (SSSR count). The highest BCUT2D eigenvalue weighted by molar-refractivity contribution is 5.73. The summed E-state index contributed by atoms with van der Waals surface area (Å²) in [5.74, 6) is -2.52. The Morgan fingerprint density at radius 3 is 2.52 bits per heavy atom. The van der Waals surface area contributed by atoms with Gasteiger partial charge in [-0.05, 0) is 24.3 Å². The summed E-state index contributed by atoms with van der Waals surface area (Å²) in [6, 6.07) is 1.98. The molecule has 0 aliphatic heterocycles. The van der Waals surface area contributed by atoms with Crippen LogP contribution in [0.5, 0.6) is 0 Å². The number of alkyl halides is 2. The van der Waals surface area contributed by atoms with Gasteiger partial charge in [0.2, 0.25) is 5.92 Å². The summed E-state index contributed by atoms with van der Waals surface area (Å²) in [6.45, 7) is 6.20. The molecule has 2 aromatic rings. The van der Waals surface area contributed by atoms with Gasteiger partial charge in [-0.3, -0.25) is 4.79 Å². The minimum Gasteiger partial charge on any atom is -0.296 e. The molecule has 124 valence electrons. The van der Waals surface area contributed by atoms with Gasteiger partial charge in [0, 0.05) is 24.3 Å². The van der Waals surface area contributed by atoms with Gasteiger partial charge < -0.3 is 0 Å². The normalized spacial score (nSPS) is 19.2. The Hall–Kier alpha value is -1.85. The molecule has 0 unspecified atom stereocenters. The van der Waals surface area contributed by atoms with Gasteiger partial charge in [0.15, 0.2) is 11.9 Å². The first-order valence-electron chi connectivity index (χ1n) is 7.93. The molecule has 0 saturated heterocycles. The summed E-state index contributed by atoms with van der Waals surface area (Å²) < 4.78 is 28.4. The standard InChI is InChI=1S/C17H21F2N3O/c1-16(2,3)13-8-14(11-4-6-17(18,19)7-5-11)21-22-9-12(10-23)20-15(13)22/h8-11H,4-7H2,1-3H3. The molecule has 23 heavy (non-hydrogen) atoms. The molecule has 1 fully saturated rings. The molecule has 2 heterocycles. The Morgan fingerprint density at radius 1 is 1.30 bits per heavy atom. The summed E-state index contributed by atoms with van der Waals surface area (Å²) in [6.07, 6.45) is 2.98. The lowest BCUT2D eigenvalue weighted by molar-refractivity contribution is -0.0385. The molecule has 1 saturated carbocycles. The minimum atomic E-state index is -2.55. The van der Waals surface area contributed by atoms with Crippen LogP contribution in [0.4, 0.5) is 8.78 Å². The van der Waals surface area contributed by atoms with Crippen molar-refractivity contribution in [3.05, 3.63) is 29.2 Å². The van der Waals surface area contributed by atoms with Crippen LogP contribution in [0.15, 0.2) is 12.3 Å². The summed E-state index contributed by atoms with van der Waals surface area (Å²) in [5.41, 5.74) is 2.60. The van der Waals surface area contributed by atoms with E-state index in [1.807, 2.05) is 6.07 Å². The van der Waals surface area contributed by atoms with Crippen molar-refractivity contribution in [2.24, 2.45) is 0 Å². The molecule has 0 amide bonds. The van der Waals surface area contributed by atoms with Gasteiger partial charge in [0.1, 0.15) is 5.69 Å². The molecule has 0 atom stereocenters. The SMILES string of the molecule is CC(C)(C)c1cc(C2CCC(F)(F)CC2)nn2cc(C=O)nc12. The fourth-order valence-corrected chi connectivity index (χ4v) is 3.16. The maximum absolute atomic E-state index is 13.4. The molecular weight excluding hydrogens is 300 g/mol. The first-order chi connectivity index (χ1) is 10.7. The van der Waals surface area contributed by atoms with E-state index in [4.69, 9.17) is 0 Å². The third-order valence-corrected chi connectivity index (χ3v) is 4.53. The lowest BCUT2D eigenvalue weighted by Gasteiger charge is -2.29. The third kappa shape index (κ3) is 3.12. The lowest BCUT2D eigenvalue weighted by atomic mass is 9.82. The molecule has 1 aliphatic carbocycles. The van der Waals surface area contributed by atoms with Crippen molar-refractivity contribution in [1.29, 1.82) is 0 Å². The van der Waals surface area contributed by atoms with Gasteiger partial charge in [0.05, 0.1) is 11.9 Å². The van der Waals surface area contributed by atoms with Crippen molar-refractivity contribution >= 4 is 11.9 Å². The molecule has 0 spiro atoms. The smallest absolute Gasteiger partial charge is 0.248 e. The van der Waals surface area contributed by atoms with Gasteiger partial charge in [-0.1, -0.05) is 20.8 Å². The number of carbonyl (C=O) groups excluding carboxylic acids is 1. The van der Waals surface area contributed by atoms with Crippen molar-refractivity contribution in [2.75, 3.05) is 0 Å². The topological polar surface area (TPSA) is 47.3 Å². The average molecular weight is 321 g/mol. The Morgan fingerprint density at radius 2 is 1.96 bits per heavy atom. The minimum absolute atomic E-state index is 0.0298. The van der Waals surface area contributed by atoms with Crippen LogP contribution in [0, 0.1) is 0 Å². The average Bonchev–Trinajstić information content (AvgIpc) is 2.88. The van der Waals surface area contributed by atoms with Crippen molar-refractivity contribution in [2.45, 2.75) is 63.7 Å². The van der Waals surface area contributed by atoms with Crippen molar-refractivity contribution in [3.8, 4) is 0 Å². The number of nitrogens with zero attached hydrogens (tertiary/aromatic N) is 3. The number of hydrogen-bond acceptors (Lipinski definition) is 3. The second-order valence-corrected chi connectivity index (χ2v) is 7.41. The number of aldehydes is 1. The second-order valence-electron chi connectivity index (χ2n) is 7.41. The summed E-state index contributed by atoms with van der Waals surface area (Å²) in [7, 11) is 0. The van der Waals surface area contributed by atoms with E-state index < -0.39 is 5.92 Å². The number of rotatable bonds is 2. The number of hydrogen-bond donors (Lipinski definition) is 0. The van der Waals surface area contributed by atoms with E-state index in [2.05, 4.69) is 30.9 Å². The van der Waals surface area contributed by atoms with Crippen molar-refractivity contribution in [3.63, 3.8) is 0 Å². The Labute approximate surface area is 133 Å². The number of carbonyl (C=O) groups is 1. The largest absolute Gasteiger partial charge is 0.296 e. The highest BCUT2D eigenvalue weighted by Gasteiger charge is 2.36. The monoisotopic (exact) mass is 321 g/mol. The fourth-order valence-electron chi connectivity index (χ4n) is 3.16. The molecule has 0 aromatic carbocycles. The van der Waals surface area contributed by atoms with Gasteiger partial charge in [-0.2, -0.15) is 5.10 Å². The molecule has 0 N–H and O–H groups in total. The molecule has 2 aromatic heterocycles. The zero-order chi connectivity index (χ0) is 16.8. The first-order valence-corrected chi connectivity index (χ1v) is 7.93. The van der Waals surface area contributed by atoms with Crippen LogP contribution in [0.2, 0.25) is 0 Å². The van der Waals surface area contributed by atoms with E-state index in [1.165, 1.54) is 0 Å². The Bertz CT molecular complexity index is 736. The van der Waals surface area contributed by atoms with Crippen LogP contribution in [0.1, 0.15) is 74.1 Å². The van der Waals surface area contributed by atoms with Gasteiger partial charge >= 0.3 is 0 Å². The number of fused-ring (bicyclic) bond motifs is 1. The van der Waals surface area contributed by atoms with Gasteiger partial charge in [0.25, 0.3) is 0 Å². The lowest BCUT2D eigenvalue weighted by Crippen LogP contribution is -2.25. The van der Waals surface area contributed by atoms with E-state index in [0.717, 1.165) is 11.3 Å². The summed E-state index contributed by atoms with van der Waals surface area (Å²) in [4.78, 5) is 15.3. The predicted molar refractivity (Wildman–Crippen MR) is 83.2 cm³/mol. The number of aromatic nitrogens is 3. The van der Waals surface area contributed by atoms with E-state index in [-0.39, 0.29) is 24.2 Å². The Balaban J connectivity index is 2.06. The highest BCUT2D eigenvalue weighted by Crippen LogP contribution is 2.41. The summed E-state index contributed by atoms with van der Waals surface area (Å²) >= 11 is 0. The van der Waals surface area contributed by atoms with Crippen molar-refractivity contribution in [1.82, 2.24) is 14.6 Å². The molecule has 4 nitrogen and oxygen atoms in total. The Kier molecular flexibility index (Phi) is 3.73. The fraction of sp³-hybridized carbons (Fsp3) is 0.588. The van der Waals surface area contributed by atoms with E-state index in [1.54, 1.807) is 10.7 Å². The number of halogens is 2. The molecule has 1 aliphatic rings. The van der Waals surface area contributed by atoms with Crippen LogP contribution in [0.3, 0.4) is 0 Å². The zero-order valence-corrected chi connectivity index (χ0v) is 13.6. The van der Waals surface area contributed by atoms with Crippen molar-refractivity contribution < 1.29 is 13.6 Å². The van der Waals surface area contributed by atoms with E-state index in [9.17, 15) is 13.6 Å². The van der Waals surface area contributed by atoms with Gasteiger partial charge in [-0.15, -0.1) is 0 Å². The molecular formula is C17H21F2N3O. The third-order valence-electron chi connectivity index (χ3n) is 4.53. The van der Waals surface area contributed by atoms with Crippen LogP contribution in [0.25, 0.3) is 5.65 Å². The molecule has 0 radical (unpaired) electrons. The number of imidazole rings is 1.